The number of hydrogen-bond acceptors (Lipinski definition) is 6. The van der Waals surface area contributed by atoms with Crippen molar-refractivity contribution < 1.29 is 19.1 Å². The van der Waals surface area contributed by atoms with E-state index in [0.717, 1.165) is 11.3 Å². The van der Waals surface area contributed by atoms with Crippen LogP contribution in [0.15, 0.2) is 84.0 Å². The van der Waals surface area contributed by atoms with Gasteiger partial charge in [-0.15, -0.1) is 0 Å². The highest BCUT2D eigenvalue weighted by Crippen LogP contribution is 2.47. The van der Waals surface area contributed by atoms with Gasteiger partial charge in [0.25, 0.3) is 5.91 Å². The van der Waals surface area contributed by atoms with E-state index in [1.165, 1.54) is 7.11 Å². The van der Waals surface area contributed by atoms with Gasteiger partial charge >= 0.3 is 5.97 Å². The molecule has 172 valence electrons. The van der Waals surface area contributed by atoms with E-state index in [9.17, 15) is 9.59 Å². The van der Waals surface area contributed by atoms with Crippen molar-refractivity contribution in [2.24, 2.45) is 0 Å². The minimum Gasteiger partial charge on any atom is -0.466 e. The lowest BCUT2D eigenvalue weighted by Gasteiger charge is -2.36. The van der Waals surface area contributed by atoms with Crippen molar-refractivity contribution in [3.8, 4) is 0 Å². The van der Waals surface area contributed by atoms with Crippen LogP contribution in [0.3, 0.4) is 0 Å². The summed E-state index contributed by atoms with van der Waals surface area (Å²) in [6.07, 6.45) is 3.70. The number of benzene rings is 2. The molecule has 0 fully saturated rings. The molecule has 1 amide bonds. The van der Waals surface area contributed by atoms with Crippen molar-refractivity contribution in [2.75, 3.05) is 32.6 Å². The molecule has 3 atom stereocenters. The summed E-state index contributed by atoms with van der Waals surface area (Å²) in [7, 11) is 3.14. The zero-order valence-electron chi connectivity index (χ0n) is 18.8. The molecule has 4 rings (SSSR count). The Bertz CT molecular complexity index is 1010. The van der Waals surface area contributed by atoms with E-state index >= 15 is 0 Å². The third-order valence-corrected chi connectivity index (χ3v) is 5.99. The summed E-state index contributed by atoms with van der Waals surface area (Å²) >= 11 is 0. The summed E-state index contributed by atoms with van der Waals surface area (Å²) in [5, 5.41) is 9.42. The predicted molar refractivity (Wildman–Crippen MR) is 127 cm³/mol. The quantitative estimate of drug-likeness (QED) is 0.294. The van der Waals surface area contributed by atoms with Crippen LogP contribution in [0.4, 0.5) is 5.69 Å². The van der Waals surface area contributed by atoms with Gasteiger partial charge in [-0.2, -0.15) is 0 Å². The Hall–Kier alpha value is -3.42. The molecule has 0 saturated carbocycles. The summed E-state index contributed by atoms with van der Waals surface area (Å²) < 4.78 is 11.6. The van der Waals surface area contributed by atoms with E-state index in [1.54, 1.807) is 0 Å². The summed E-state index contributed by atoms with van der Waals surface area (Å²) in [5.74, 6) is -0.881. The van der Waals surface area contributed by atoms with Gasteiger partial charge in [-0.05, 0) is 37.2 Å². The molecule has 0 spiro atoms. The number of amides is 1. The van der Waals surface area contributed by atoms with Crippen molar-refractivity contribution >= 4 is 17.6 Å². The number of esters is 1. The standard InChI is InChI=1S/C26H29N3O4/c1-27-15-16-28-24(30)22-20-13-14-26(33-20,23(22)25(31)32-2)21(17-18-9-5-3-6-10-18)29-19-11-7-4-8-12-19/h3-14,20-21,27,29H,15-17H2,1-2H3,(H,28,30). The van der Waals surface area contributed by atoms with E-state index in [-0.39, 0.29) is 17.5 Å². The lowest BCUT2D eigenvalue weighted by Crippen LogP contribution is -2.49. The third-order valence-electron chi connectivity index (χ3n) is 5.99. The van der Waals surface area contributed by atoms with Crippen LogP contribution in [0.2, 0.25) is 0 Å². The summed E-state index contributed by atoms with van der Waals surface area (Å²) in [6, 6.07) is 19.4. The van der Waals surface area contributed by atoms with Gasteiger partial charge < -0.3 is 25.4 Å². The Morgan fingerprint density at radius 3 is 2.42 bits per heavy atom. The molecule has 2 aromatic carbocycles. The van der Waals surface area contributed by atoms with Crippen LogP contribution in [-0.2, 0) is 25.5 Å². The van der Waals surface area contributed by atoms with Crippen molar-refractivity contribution in [1.29, 1.82) is 0 Å². The van der Waals surface area contributed by atoms with E-state index < -0.39 is 17.7 Å². The van der Waals surface area contributed by atoms with E-state index in [1.807, 2.05) is 79.9 Å². The monoisotopic (exact) mass is 447 g/mol. The van der Waals surface area contributed by atoms with Crippen molar-refractivity contribution in [2.45, 2.75) is 24.2 Å². The normalized spacial score (nSPS) is 21.7. The first-order valence-electron chi connectivity index (χ1n) is 11.1. The van der Waals surface area contributed by atoms with E-state index in [2.05, 4.69) is 16.0 Å². The smallest absolute Gasteiger partial charge is 0.337 e. The second kappa shape index (κ2) is 10.0. The molecule has 7 heteroatoms. The van der Waals surface area contributed by atoms with Crippen LogP contribution in [0, 0.1) is 0 Å². The molecule has 0 aliphatic carbocycles. The number of para-hydroxylation sites is 1. The molecule has 0 saturated heterocycles. The highest BCUT2D eigenvalue weighted by atomic mass is 16.5. The number of carbonyl (C=O) groups is 2. The lowest BCUT2D eigenvalue weighted by molar-refractivity contribution is -0.138. The Morgan fingerprint density at radius 1 is 1.06 bits per heavy atom. The maximum absolute atomic E-state index is 13.1. The topological polar surface area (TPSA) is 88.7 Å². The average Bonchev–Trinajstić information content (AvgIpc) is 3.43. The second-order valence-electron chi connectivity index (χ2n) is 8.08. The van der Waals surface area contributed by atoms with Gasteiger partial charge in [-0.1, -0.05) is 54.6 Å². The van der Waals surface area contributed by atoms with Gasteiger partial charge in [0, 0.05) is 18.8 Å². The molecule has 2 bridgehead atoms. The number of fused-ring (bicyclic) bond motifs is 2. The minimum absolute atomic E-state index is 0.254. The van der Waals surface area contributed by atoms with Crippen LogP contribution >= 0.6 is 0 Å². The highest BCUT2D eigenvalue weighted by Gasteiger charge is 2.58. The van der Waals surface area contributed by atoms with E-state index in [4.69, 9.17) is 9.47 Å². The molecule has 0 radical (unpaired) electrons. The van der Waals surface area contributed by atoms with Gasteiger partial charge in [0.15, 0.2) is 0 Å². The highest BCUT2D eigenvalue weighted by molar-refractivity contribution is 6.07. The number of ether oxygens (including phenoxy) is 2. The molecular formula is C26H29N3O4. The molecule has 2 heterocycles. The van der Waals surface area contributed by atoms with Crippen molar-refractivity contribution in [3.05, 3.63) is 89.5 Å². The molecule has 2 aliphatic rings. The van der Waals surface area contributed by atoms with Crippen molar-refractivity contribution in [1.82, 2.24) is 10.6 Å². The van der Waals surface area contributed by atoms with E-state index in [0.29, 0.717) is 25.1 Å². The Morgan fingerprint density at radius 2 is 1.76 bits per heavy atom. The first-order valence-corrected chi connectivity index (χ1v) is 11.1. The number of anilines is 1. The van der Waals surface area contributed by atoms with Crippen LogP contribution in [0.1, 0.15) is 5.56 Å². The summed E-state index contributed by atoms with van der Waals surface area (Å²) in [6.45, 7) is 1.05. The first kappa shape index (κ1) is 22.8. The van der Waals surface area contributed by atoms with Gasteiger partial charge in [-0.3, -0.25) is 4.79 Å². The molecule has 2 aromatic rings. The van der Waals surface area contributed by atoms with Crippen LogP contribution in [0.25, 0.3) is 0 Å². The fourth-order valence-electron chi connectivity index (χ4n) is 4.45. The first-order chi connectivity index (χ1) is 16.1. The number of hydrogen-bond donors (Lipinski definition) is 3. The maximum Gasteiger partial charge on any atom is 0.337 e. The van der Waals surface area contributed by atoms with Crippen LogP contribution in [-0.4, -0.2) is 56.9 Å². The number of carbonyl (C=O) groups excluding carboxylic acids is 2. The summed E-state index contributed by atoms with van der Waals surface area (Å²) in [5.41, 5.74) is 1.40. The minimum atomic E-state index is -1.14. The summed E-state index contributed by atoms with van der Waals surface area (Å²) in [4.78, 5) is 26.1. The molecule has 3 unspecified atom stereocenters. The average molecular weight is 448 g/mol. The van der Waals surface area contributed by atoms with Crippen molar-refractivity contribution in [3.63, 3.8) is 0 Å². The Balaban J connectivity index is 1.75. The maximum atomic E-state index is 13.1. The second-order valence-corrected chi connectivity index (χ2v) is 8.08. The molecule has 7 nitrogen and oxygen atoms in total. The Kier molecular flexibility index (Phi) is 6.91. The molecule has 3 N–H and O–H groups in total. The molecule has 0 aromatic heterocycles. The van der Waals surface area contributed by atoms with Crippen LogP contribution < -0.4 is 16.0 Å². The zero-order valence-corrected chi connectivity index (χ0v) is 18.8. The number of likely N-dealkylation sites (N-methyl/N-ethyl adjacent to an activating group) is 1. The fraction of sp³-hybridized carbons (Fsp3) is 0.308. The fourth-order valence-corrected chi connectivity index (χ4v) is 4.45. The largest absolute Gasteiger partial charge is 0.466 e. The SMILES string of the molecule is CNCCNC(=O)C1=C(C(=O)OC)C2(C(Cc3ccccc3)Nc3ccccc3)C=CC1O2. The zero-order chi connectivity index (χ0) is 23.3. The lowest BCUT2D eigenvalue weighted by atomic mass is 9.79. The van der Waals surface area contributed by atoms with Crippen LogP contribution in [0.5, 0.6) is 0 Å². The van der Waals surface area contributed by atoms with Gasteiger partial charge in [0.1, 0.15) is 11.7 Å². The molecular weight excluding hydrogens is 418 g/mol. The number of methoxy groups -OCH3 is 1. The molecule has 2 aliphatic heterocycles. The van der Waals surface area contributed by atoms with Gasteiger partial charge in [0.2, 0.25) is 0 Å². The Labute approximate surface area is 193 Å². The van der Waals surface area contributed by atoms with Gasteiger partial charge in [0.05, 0.1) is 24.3 Å². The van der Waals surface area contributed by atoms with Gasteiger partial charge in [-0.25, -0.2) is 4.79 Å². The molecule has 33 heavy (non-hydrogen) atoms. The number of rotatable bonds is 10. The predicted octanol–water partition coefficient (Wildman–Crippen LogP) is 2.22. The third kappa shape index (κ3) is 4.55. The number of nitrogens with one attached hydrogen (secondary N) is 3.